The van der Waals surface area contributed by atoms with Gasteiger partial charge in [-0.3, -0.25) is 0 Å². The summed E-state index contributed by atoms with van der Waals surface area (Å²) in [5, 5.41) is 8.29. The van der Waals surface area contributed by atoms with Gasteiger partial charge in [0.1, 0.15) is 11.5 Å². The van der Waals surface area contributed by atoms with E-state index in [1.807, 2.05) is 27.7 Å². The molecule has 0 unspecified atom stereocenters. The highest BCUT2D eigenvalue weighted by molar-refractivity contribution is 6.29. The topological polar surface area (TPSA) is 28.9 Å². The Kier molecular flexibility index (Phi) is 14.6. The second-order valence-corrected chi connectivity index (χ2v) is 18.2. The fourth-order valence-electron chi connectivity index (χ4n) is 9.96. The summed E-state index contributed by atoms with van der Waals surface area (Å²) in [5.41, 5.74) is 13.6. The van der Waals surface area contributed by atoms with Crippen molar-refractivity contribution in [2.75, 3.05) is 9.80 Å². The lowest BCUT2D eigenvalue weighted by Gasteiger charge is -2.31. The van der Waals surface area contributed by atoms with E-state index in [0.29, 0.717) is 5.76 Å². The van der Waals surface area contributed by atoms with Gasteiger partial charge in [-0.05, 0) is 131 Å². The molecule has 10 rings (SSSR count). The molecule has 0 amide bonds. The SMILES string of the molecule is C=C1Oc2c(cccc2N(c2ccccc2)c2cc(C)c3ccc4c(N(c5ccccc5)c5cccc6c(/C=C\C)c(C(=C)C(C)C)oc56)cc(C)c5ccc2c3c54)C/C=C\C=C/1C(C)C.CC.CC. The number of aryl methyl sites for hydroxylation is 2. The Morgan fingerprint density at radius 1 is 0.614 bits per heavy atom. The molecule has 0 saturated carbocycles. The van der Waals surface area contributed by atoms with Crippen LogP contribution < -0.4 is 14.5 Å². The first-order valence-electron chi connectivity index (χ1n) is 25.2. The Bertz CT molecular complexity index is 3440. The third kappa shape index (κ3) is 8.73. The number of fused-ring (bicyclic) bond motifs is 2. The Labute approximate surface area is 416 Å². The smallest absolute Gasteiger partial charge is 0.159 e. The van der Waals surface area contributed by atoms with Gasteiger partial charge in [-0.1, -0.05) is 184 Å². The van der Waals surface area contributed by atoms with Gasteiger partial charge in [0, 0.05) is 38.7 Å². The number of para-hydroxylation sites is 4. The number of hydrogen-bond donors (Lipinski definition) is 0. The van der Waals surface area contributed by atoms with E-state index in [4.69, 9.17) is 9.15 Å². The van der Waals surface area contributed by atoms with Crippen LogP contribution in [-0.4, -0.2) is 0 Å². The molecular weight excluding hydrogens is 853 g/mol. The van der Waals surface area contributed by atoms with Gasteiger partial charge in [0.25, 0.3) is 0 Å². The molecule has 0 aliphatic carbocycles. The summed E-state index contributed by atoms with van der Waals surface area (Å²) >= 11 is 0. The highest BCUT2D eigenvalue weighted by atomic mass is 16.5. The lowest BCUT2D eigenvalue weighted by Crippen LogP contribution is -2.14. The van der Waals surface area contributed by atoms with Gasteiger partial charge >= 0.3 is 0 Å². The maximum atomic E-state index is 6.99. The molecule has 4 heteroatoms. The first-order valence-corrected chi connectivity index (χ1v) is 25.2. The van der Waals surface area contributed by atoms with Crippen LogP contribution in [0.3, 0.4) is 0 Å². The van der Waals surface area contributed by atoms with Crippen molar-refractivity contribution in [1.82, 2.24) is 0 Å². The fraction of sp³-hybridized carbons (Fsp3) is 0.212. The number of benzene rings is 8. The highest BCUT2D eigenvalue weighted by Crippen LogP contribution is 2.52. The molecule has 0 bridgehead atoms. The minimum atomic E-state index is 0.222. The second kappa shape index (κ2) is 21.0. The van der Waals surface area contributed by atoms with Crippen LogP contribution in [0.5, 0.6) is 5.75 Å². The molecule has 0 N–H and O–H groups in total. The minimum Gasteiger partial charge on any atom is -0.455 e. The summed E-state index contributed by atoms with van der Waals surface area (Å²) in [6, 6.07) is 48.4. The van der Waals surface area contributed by atoms with Gasteiger partial charge in [0.05, 0.1) is 22.7 Å². The predicted octanol–water partition coefficient (Wildman–Crippen LogP) is 20.2. The van der Waals surface area contributed by atoms with E-state index < -0.39 is 0 Å². The van der Waals surface area contributed by atoms with Crippen molar-refractivity contribution >= 4 is 89.1 Å². The molecule has 8 aromatic carbocycles. The number of furan rings is 1. The van der Waals surface area contributed by atoms with E-state index in [9.17, 15) is 0 Å². The number of rotatable bonds is 10. The Morgan fingerprint density at radius 3 is 1.69 bits per heavy atom. The lowest BCUT2D eigenvalue weighted by atomic mass is 9.88. The summed E-state index contributed by atoms with van der Waals surface area (Å²) in [7, 11) is 0. The van der Waals surface area contributed by atoms with E-state index >= 15 is 0 Å². The molecule has 1 aliphatic rings. The first kappa shape index (κ1) is 48.9. The number of nitrogens with zero attached hydrogens (tertiary/aromatic N) is 2. The molecule has 2 heterocycles. The van der Waals surface area contributed by atoms with Gasteiger partial charge in [0.15, 0.2) is 11.3 Å². The van der Waals surface area contributed by atoms with Gasteiger partial charge in [-0.2, -0.15) is 0 Å². The van der Waals surface area contributed by atoms with E-state index in [0.717, 1.165) is 96.1 Å². The normalized spacial score (nSPS) is 13.8. The number of allylic oxidation sites excluding steroid dienone is 6. The van der Waals surface area contributed by atoms with Crippen LogP contribution >= 0.6 is 0 Å². The highest BCUT2D eigenvalue weighted by Gasteiger charge is 2.28. The summed E-state index contributed by atoms with van der Waals surface area (Å²) in [6.45, 7) is 32.3. The van der Waals surface area contributed by atoms with Crippen molar-refractivity contribution in [3.8, 4) is 5.75 Å². The van der Waals surface area contributed by atoms with Crippen LogP contribution in [0.1, 0.15) is 90.3 Å². The standard InChI is InChI=1S/C62H56N2O2.2C2H6/c1-10-21-50-51-29-20-31-55(62(51)66-60(50)42(8)38(2)3)64(46-26-15-12-16-27-46)57-37-41(7)49-32-34-52-56(36-40(6)48-33-35-53(57)59(49)58(48)52)63(45-24-13-11-14-25-45)54-30-19-23-44-22-17-18-28-47(39(4)5)43(9)65-61(44)54;2*1-2/h10-21,23-39H,8-9,22H2,1-7H3;2*1-2H3/b18-17-,21-10-,47-28-;;. The van der Waals surface area contributed by atoms with Gasteiger partial charge in [-0.15, -0.1) is 0 Å². The molecule has 0 radical (unpaired) electrons. The molecule has 0 saturated heterocycles. The zero-order valence-corrected chi connectivity index (χ0v) is 43.1. The largest absolute Gasteiger partial charge is 0.455 e. The molecule has 0 atom stereocenters. The van der Waals surface area contributed by atoms with Crippen LogP contribution in [0.15, 0.2) is 187 Å². The van der Waals surface area contributed by atoms with Gasteiger partial charge in [0.2, 0.25) is 0 Å². The quantitative estimate of drug-likeness (QED) is 0.128. The lowest BCUT2D eigenvalue weighted by molar-refractivity contribution is 0.424. The van der Waals surface area contributed by atoms with Crippen LogP contribution in [0.4, 0.5) is 34.1 Å². The molecule has 1 aliphatic heterocycles. The van der Waals surface area contributed by atoms with Gasteiger partial charge < -0.3 is 19.0 Å². The molecular formula is C66H68N2O2. The Balaban J connectivity index is 0.00000161. The summed E-state index contributed by atoms with van der Waals surface area (Å²) < 4.78 is 13.9. The molecule has 4 nitrogen and oxygen atoms in total. The van der Waals surface area contributed by atoms with Crippen LogP contribution in [0.25, 0.3) is 54.9 Å². The maximum absolute atomic E-state index is 6.99. The Hall–Kier alpha value is -7.56. The third-order valence-electron chi connectivity index (χ3n) is 13.3. The Morgan fingerprint density at radius 2 is 1.14 bits per heavy atom. The number of anilines is 6. The van der Waals surface area contributed by atoms with E-state index in [1.54, 1.807) is 0 Å². The summed E-state index contributed by atoms with van der Waals surface area (Å²) in [6.07, 6.45) is 11.5. The van der Waals surface area contributed by atoms with Crippen LogP contribution in [0, 0.1) is 25.7 Å². The fourth-order valence-corrected chi connectivity index (χ4v) is 9.96. The predicted molar refractivity (Wildman–Crippen MR) is 306 cm³/mol. The molecule has 0 spiro atoms. The van der Waals surface area contributed by atoms with Crippen LogP contribution in [-0.2, 0) is 6.42 Å². The molecule has 70 heavy (non-hydrogen) atoms. The van der Waals surface area contributed by atoms with Crippen molar-refractivity contribution in [3.05, 3.63) is 210 Å². The monoisotopic (exact) mass is 921 g/mol. The summed E-state index contributed by atoms with van der Waals surface area (Å²) in [4.78, 5) is 4.77. The number of ether oxygens (including phenoxy) is 1. The van der Waals surface area contributed by atoms with Crippen molar-refractivity contribution in [2.24, 2.45) is 11.8 Å². The zero-order chi connectivity index (χ0) is 49.8. The zero-order valence-electron chi connectivity index (χ0n) is 43.1. The first-order chi connectivity index (χ1) is 34.0. The average Bonchev–Trinajstić information content (AvgIpc) is 3.78. The van der Waals surface area contributed by atoms with E-state index in [-0.39, 0.29) is 11.8 Å². The van der Waals surface area contributed by atoms with Crippen molar-refractivity contribution in [1.29, 1.82) is 0 Å². The molecule has 354 valence electrons. The van der Waals surface area contributed by atoms with Crippen molar-refractivity contribution < 1.29 is 9.15 Å². The van der Waals surface area contributed by atoms with Crippen molar-refractivity contribution in [3.63, 3.8) is 0 Å². The minimum absolute atomic E-state index is 0.222. The van der Waals surface area contributed by atoms with Crippen LogP contribution in [0.2, 0.25) is 0 Å². The van der Waals surface area contributed by atoms with Crippen molar-refractivity contribution in [2.45, 2.75) is 82.6 Å². The molecule has 9 aromatic rings. The van der Waals surface area contributed by atoms with E-state index in [2.05, 4.69) is 235 Å². The maximum Gasteiger partial charge on any atom is 0.159 e. The molecule has 1 aromatic heterocycles. The second-order valence-electron chi connectivity index (χ2n) is 18.2. The van der Waals surface area contributed by atoms with Gasteiger partial charge in [-0.25, -0.2) is 0 Å². The summed E-state index contributed by atoms with van der Waals surface area (Å²) in [5.74, 6) is 2.78. The number of hydrogen-bond acceptors (Lipinski definition) is 4. The third-order valence-corrected chi connectivity index (χ3v) is 13.3. The molecule has 0 fully saturated rings. The van der Waals surface area contributed by atoms with E-state index in [1.165, 1.54) is 32.7 Å². The average molecular weight is 921 g/mol.